The van der Waals surface area contributed by atoms with Crippen molar-refractivity contribution in [1.82, 2.24) is 20.5 Å². The molecule has 1 unspecified atom stereocenters. The molecule has 180 valence electrons. The predicted molar refractivity (Wildman–Crippen MR) is 139 cm³/mol. The van der Waals surface area contributed by atoms with Crippen LogP contribution in [-0.4, -0.2) is 27.6 Å². The van der Waals surface area contributed by atoms with E-state index in [1.807, 2.05) is 48.7 Å². The fourth-order valence-electron chi connectivity index (χ4n) is 5.06. The average Bonchev–Trinajstić information content (AvgIpc) is 3.29. The first kappa shape index (κ1) is 23.1. The molecule has 1 saturated carbocycles. The third kappa shape index (κ3) is 5.20. The number of fused-ring (bicyclic) bond motifs is 1. The summed E-state index contributed by atoms with van der Waals surface area (Å²) in [6.45, 7) is 0.706. The average molecular weight is 469 g/mol. The number of amides is 1. The Morgan fingerprint density at radius 1 is 1.03 bits per heavy atom. The molecule has 0 saturated heterocycles. The number of nitrogens with two attached hydrogens (primary N) is 2. The Labute approximate surface area is 205 Å². The fourth-order valence-corrected chi connectivity index (χ4v) is 5.06. The number of benzene rings is 2. The van der Waals surface area contributed by atoms with Gasteiger partial charge < -0.3 is 16.8 Å². The monoisotopic (exact) mass is 468 g/mol. The summed E-state index contributed by atoms with van der Waals surface area (Å²) in [4.78, 5) is 18.0. The van der Waals surface area contributed by atoms with E-state index in [0.29, 0.717) is 24.7 Å². The lowest BCUT2D eigenvalue weighted by atomic mass is 9.81. The van der Waals surface area contributed by atoms with Crippen LogP contribution in [-0.2, 0) is 11.2 Å². The summed E-state index contributed by atoms with van der Waals surface area (Å²) >= 11 is 0. The maximum Gasteiger partial charge on any atom is 0.223 e. The number of rotatable bonds is 7. The zero-order chi connectivity index (χ0) is 24.2. The largest absolute Gasteiger partial charge is 0.382 e. The van der Waals surface area contributed by atoms with Crippen LogP contribution < -0.4 is 16.8 Å². The zero-order valence-corrected chi connectivity index (χ0v) is 19.8. The smallest absolute Gasteiger partial charge is 0.223 e. The second kappa shape index (κ2) is 10.3. The van der Waals surface area contributed by atoms with E-state index in [9.17, 15) is 4.79 Å². The number of nitrogen functional groups attached to an aromatic ring is 1. The molecule has 0 spiro atoms. The molecule has 0 aliphatic heterocycles. The number of nitrogens with zero attached hydrogens (tertiary/aromatic N) is 2. The van der Waals surface area contributed by atoms with Crippen LogP contribution in [0.15, 0.2) is 66.9 Å². The molecule has 1 atom stereocenters. The Balaban J connectivity index is 1.42. The molecule has 2 heterocycles. The molecule has 35 heavy (non-hydrogen) atoms. The van der Waals surface area contributed by atoms with Crippen molar-refractivity contribution in [2.24, 2.45) is 17.6 Å². The van der Waals surface area contributed by atoms with Crippen molar-refractivity contribution in [2.45, 2.75) is 38.1 Å². The SMILES string of the molecule is NCC1CCC(C(=O)NC(Cc2ccccc2)c2cc(-c3ccc4[nH]nc(N)c4c3)ccn2)CC1. The minimum absolute atomic E-state index is 0.0331. The Hall–Kier alpha value is -3.71. The number of anilines is 1. The summed E-state index contributed by atoms with van der Waals surface area (Å²) in [7, 11) is 0. The number of pyridine rings is 1. The van der Waals surface area contributed by atoms with Crippen molar-refractivity contribution < 1.29 is 4.79 Å². The molecular weight excluding hydrogens is 436 g/mol. The summed E-state index contributed by atoms with van der Waals surface area (Å²) in [6.07, 6.45) is 6.31. The Bertz CT molecular complexity index is 1290. The van der Waals surface area contributed by atoms with Gasteiger partial charge in [0.2, 0.25) is 5.91 Å². The van der Waals surface area contributed by atoms with E-state index in [2.05, 4.69) is 38.7 Å². The maximum atomic E-state index is 13.3. The first-order chi connectivity index (χ1) is 17.1. The van der Waals surface area contributed by atoms with Gasteiger partial charge in [-0.05, 0) is 85.5 Å². The van der Waals surface area contributed by atoms with Crippen LogP contribution in [0.3, 0.4) is 0 Å². The first-order valence-corrected chi connectivity index (χ1v) is 12.3. The fraction of sp³-hybridized carbons (Fsp3) is 0.321. The highest BCUT2D eigenvalue weighted by Crippen LogP contribution is 2.31. The van der Waals surface area contributed by atoms with Gasteiger partial charge in [0.15, 0.2) is 5.82 Å². The number of carbonyl (C=O) groups is 1. The Morgan fingerprint density at radius 3 is 2.57 bits per heavy atom. The second-order valence-electron chi connectivity index (χ2n) is 9.54. The zero-order valence-electron chi connectivity index (χ0n) is 19.8. The molecule has 0 bridgehead atoms. The number of hydrogen-bond acceptors (Lipinski definition) is 5. The molecule has 5 rings (SSSR count). The molecule has 0 radical (unpaired) electrons. The van der Waals surface area contributed by atoms with Gasteiger partial charge in [-0.15, -0.1) is 0 Å². The number of nitrogens with one attached hydrogen (secondary N) is 2. The number of H-pyrrole nitrogens is 1. The van der Waals surface area contributed by atoms with Crippen molar-refractivity contribution >= 4 is 22.6 Å². The van der Waals surface area contributed by atoms with E-state index in [1.165, 1.54) is 0 Å². The number of carbonyl (C=O) groups excluding carboxylic acids is 1. The van der Waals surface area contributed by atoms with E-state index in [1.54, 1.807) is 0 Å². The van der Waals surface area contributed by atoms with E-state index < -0.39 is 0 Å². The van der Waals surface area contributed by atoms with Gasteiger partial charge in [-0.3, -0.25) is 14.9 Å². The van der Waals surface area contributed by atoms with Crippen LogP contribution in [0.25, 0.3) is 22.0 Å². The number of aromatic amines is 1. The lowest BCUT2D eigenvalue weighted by molar-refractivity contribution is -0.127. The lowest BCUT2D eigenvalue weighted by Gasteiger charge is -2.28. The highest BCUT2D eigenvalue weighted by atomic mass is 16.1. The van der Waals surface area contributed by atoms with Gasteiger partial charge in [0.1, 0.15) is 0 Å². The molecule has 7 heteroatoms. The van der Waals surface area contributed by atoms with E-state index in [0.717, 1.165) is 59.0 Å². The summed E-state index contributed by atoms with van der Waals surface area (Å²) in [6, 6.07) is 20.1. The Kier molecular flexibility index (Phi) is 6.77. The molecule has 7 nitrogen and oxygen atoms in total. The minimum Gasteiger partial charge on any atom is -0.382 e. The van der Waals surface area contributed by atoms with Crippen LogP contribution >= 0.6 is 0 Å². The van der Waals surface area contributed by atoms with Crippen LogP contribution in [0.1, 0.15) is 43.0 Å². The molecular formula is C28H32N6O. The summed E-state index contributed by atoms with van der Waals surface area (Å²) < 4.78 is 0. The maximum absolute atomic E-state index is 13.3. The third-order valence-corrected chi connectivity index (χ3v) is 7.21. The second-order valence-corrected chi connectivity index (χ2v) is 9.54. The van der Waals surface area contributed by atoms with Crippen molar-refractivity contribution in [3.05, 3.63) is 78.1 Å². The van der Waals surface area contributed by atoms with Gasteiger partial charge in [-0.25, -0.2) is 0 Å². The van der Waals surface area contributed by atoms with Crippen molar-refractivity contribution in [3.63, 3.8) is 0 Å². The van der Waals surface area contributed by atoms with Gasteiger partial charge >= 0.3 is 0 Å². The van der Waals surface area contributed by atoms with Gasteiger partial charge in [-0.2, -0.15) is 5.10 Å². The lowest BCUT2D eigenvalue weighted by Crippen LogP contribution is -2.37. The van der Waals surface area contributed by atoms with Crippen LogP contribution in [0.2, 0.25) is 0 Å². The molecule has 1 aliphatic rings. The topological polar surface area (TPSA) is 123 Å². The number of hydrogen-bond donors (Lipinski definition) is 4. The summed E-state index contributed by atoms with van der Waals surface area (Å²) in [5.41, 5.74) is 16.8. The van der Waals surface area contributed by atoms with Crippen molar-refractivity contribution in [1.29, 1.82) is 0 Å². The molecule has 6 N–H and O–H groups in total. The van der Waals surface area contributed by atoms with Gasteiger partial charge in [0.05, 0.1) is 17.3 Å². The molecule has 1 amide bonds. The summed E-state index contributed by atoms with van der Waals surface area (Å²) in [5.74, 6) is 1.17. The first-order valence-electron chi connectivity index (χ1n) is 12.3. The third-order valence-electron chi connectivity index (χ3n) is 7.21. The van der Waals surface area contributed by atoms with E-state index in [4.69, 9.17) is 11.5 Å². The van der Waals surface area contributed by atoms with Crippen LogP contribution in [0.4, 0.5) is 5.82 Å². The molecule has 1 fully saturated rings. The van der Waals surface area contributed by atoms with E-state index in [-0.39, 0.29) is 17.9 Å². The van der Waals surface area contributed by atoms with Crippen molar-refractivity contribution in [2.75, 3.05) is 12.3 Å². The minimum atomic E-state index is -0.222. The van der Waals surface area contributed by atoms with Crippen LogP contribution in [0.5, 0.6) is 0 Å². The molecule has 2 aromatic carbocycles. The highest BCUT2D eigenvalue weighted by molar-refractivity contribution is 5.92. The molecule has 1 aliphatic carbocycles. The van der Waals surface area contributed by atoms with Gasteiger partial charge in [0, 0.05) is 17.5 Å². The van der Waals surface area contributed by atoms with Gasteiger partial charge in [0.25, 0.3) is 0 Å². The standard InChI is InChI=1S/C28H32N6O/c29-17-19-6-8-20(9-7-19)28(35)32-26(14-18-4-2-1-3-5-18)25-16-22(12-13-31-25)21-10-11-24-23(15-21)27(30)34-33-24/h1-5,10-13,15-16,19-20,26H,6-9,14,17,29H2,(H,32,35)(H3,30,33,34). The van der Waals surface area contributed by atoms with E-state index >= 15 is 0 Å². The Morgan fingerprint density at radius 2 is 1.80 bits per heavy atom. The summed E-state index contributed by atoms with van der Waals surface area (Å²) in [5, 5.41) is 11.3. The highest BCUT2D eigenvalue weighted by Gasteiger charge is 2.28. The van der Waals surface area contributed by atoms with Gasteiger partial charge in [-0.1, -0.05) is 36.4 Å². The molecule has 4 aromatic rings. The number of aromatic nitrogens is 3. The van der Waals surface area contributed by atoms with Crippen LogP contribution in [0, 0.1) is 11.8 Å². The quantitative estimate of drug-likeness (QED) is 0.321. The normalized spacial score (nSPS) is 18.9. The molecule has 2 aromatic heterocycles. The predicted octanol–water partition coefficient (Wildman–Crippen LogP) is 4.37. The van der Waals surface area contributed by atoms with Crippen molar-refractivity contribution in [3.8, 4) is 11.1 Å².